The number of hydrogen-bond acceptors (Lipinski definition) is 6. The van der Waals surface area contributed by atoms with Crippen molar-refractivity contribution < 1.29 is 24.2 Å². The van der Waals surface area contributed by atoms with E-state index in [0.717, 1.165) is 11.3 Å². The molecule has 0 spiro atoms. The maximum atomic E-state index is 13.4. The molecule has 2 N–H and O–H groups in total. The molecule has 1 aliphatic heterocycles. The number of ether oxygens (including phenoxy) is 2. The lowest BCUT2D eigenvalue weighted by atomic mass is 9.68. The van der Waals surface area contributed by atoms with E-state index in [1.807, 2.05) is 37.3 Å². The Morgan fingerprint density at radius 3 is 2.59 bits per heavy atom. The summed E-state index contributed by atoms with van der Waals surface area (Å²) in [5.74, 6) is -0.935. The molecule has 0 saturated carbocycles. The molecule has 2 aromatic rings. The van der Waals surface area contributed by atoms with Gasteiger partial charge in [0.15, 0.2) is 17.3 Å². The fourth-order valence-corrected chi connectivity index (χ4v) is 5.22. The Bertz CT molecular complexity index is 1210. The molecule has 1 aliphatic carbocycles. The van der Waals surface area contributed by atoms with E-state index in [4.69, 9.17) is 9.47 Å². The van der Waals surface area contributed by atoms with Gasteiger partial charge in [0.2, 0.25) is 0 Å². The van der Waals surface area contributed by atoms with E-state index in [9.17, 15) is 14.7 Å². The predicted octanol–water partition coefficient (Wildman–Crippen LogP) is 5.51. The largest absolute Gasteiger partial charge is 0.503 e. The van der Waals surface area contributed by atoms with Gasteiger partial charge in [-0.3, -0.25) is 4.79 Å². The summed E-state index contributed by atoms with van der Waals surface area (Å²) in [7, 11) is 1.46. The molecule has 0 aromatic heterocycles. The number of phenolic OH excluding ortho intramolecular Hbond substituents is 1. The molecular weight excluding hydrogens is 498 g/mol. The van der Waals surface area contributed by atoms with Crippen LogP contribution in [0.15, 0.2) is 69.5 Å². The van der Waals surface area contributed by atoms with E-state index < -0.39 is 11.9 Å². The highest BCUT2D eigenvalue weighted by molar-refractivity contribution is 9.10. The number of phenols is 1. The molecule has 1 heterocycles. The van der Waals surface area contributed by atoms with Crippen molar-refractivity contribution in [3.8, 4) is 11.5 Å². The summed E-state index contributed by atoms with van der Waals surface area (Å²) in [6, 6.07) is 12.9. The van der Waals surface area contributed by atoms with Gasteiger partial charge >= 0.3 is 5.97 Å². The van der Waals surface area contributed by atoms with Crippen LogP contribution in [0.2, 0.25) is 0 Å². The topological polar surface area (TPSA) is 84.9 Å². The van der Waals surface area contributed by atoms with Gasteiger partial charge in [-0.05, 0) is 57.9 Å². The van der Waals surface area contributed by atoms with Crippen molar-refractivity contribution in [1.82, 2.24) is 5.32 Å². The third kappa shape index (κ3) is 4.62. The van der Waals surface area contributed by atoms with Gasteiger partial charge in [0.1, 0.15) is 6.61 Å². The second-order valence-corrected chi connectivity index (χ2v) is 10.4. The molecule has 2 aliphatic rings. The molecule has 178 valence electrons. The molecule has 0 bridgehead atoms. The Hall–Kier alpha value is -3.06. The van der Waals surface area contributed by atoms with Crippen LogP contribution in [-0.2, 0) is 20.9 Å². The first-order chi connectivity index (χ1) is 16.1. The Kier molecular flexibility index (Phi) is 6.58. The number of carbonyl (C=O) groups is 2. The molecule has 4 rings (SSSR count). The van der Waals surface area contributed by atoms with E-state index in [2.05, 4.69) is 35.1 Å². The van der Waals surface area contributed by atoms with Crippen molar-refractivity contribution in [2.24, 2.45) is 5.41 Å². The van der Waals surface area contributed by atoms with E-state index in [1.165, 1.54) is 7.11 Å². The van der Waals surface area contributed by atoms with Gasteiger partial charge in [0.25, 0.3) is 0 Å². The maximum absolute atomic E-state index is 13.4. The lowest BCUT2D eigenvalue weighted by Crippen LogP contribution is -2.38. The summed E-state index contributed by atoms with van der Waals surface area (Å²) >= 11 is 3.38. The summed E-state index contributed by atoms with van der Waals surface area (Å²) in [6.07, 6.45) is 1.07. The fourth-order valence-electron chi connectivity index (χ4n) is 4.76. The van der Waals surface area contributed by atoms with Crippen LogP contribution in [0.3, 0.4) is 0 Å². The first-order valence-corrected chi connectivity index (χ1v) is 11.9. The number of benzene rings is 2. The number of Topliss-reactive ketones (excluding diaryl/α,β-unsaturated/α-hetero) is 1. The van der Waals surface area contributed by atoms with E-state index >= 15 is 0 Å². The number of ketones is 1. The molecule has 0 amide bonds. The second-order valence-electron chi connectivity index (χ2n) is 9.55. The SMILES string of the molecule is COc1cc([C@H]2C(C(=O)OCc3ccccc3)=C(C)NC3=C2C(=O)CC(C)(C)C3)cc(Br)c1O. The monoisotopic (exact) mass is 525 g/mol. The quantitative estimate of drug-likeness (QED) is 0.500. The predicted molar refractivity (Wildman–Crippen MR) is 132 cm³/mol. The highest BCUT2D eigenvalue weighted by Gasteiger charge is 2.43. The van der Waals surface area contributed by atoms with Gasteiger partial charge in [-0.2, -0.15) is 0 Å². The summed E-state index contributed by atoms with van der Waals surface area (Å²) in [5.41, 5.74) is 3.76. The Morgan fingerprint density at radius 2 is 1.91 bits per heavy atom. The Balaban J connectivity index is 1.81. The number of carbonyl (C=O) groups excluding carboxylic acids is 2. The number of esters is 1. The van der Waals surface area contributed by atoms with Crippen LogP contribution in [0.1, 0.15) is 50.7 Å². The maximum Gasteiger partial charge on any atom is 0.337 e. The number of dihydropyridines is 1. The van der Waals surface area contributed by atoms with Crippen LogP contribution >= 0.6 is 15.9 Å². The second kappa shape index (κ2) is 9.29. The Morgan fingerprint density at radius 1 is 1.21 bits per heavy atom. The lowest BCUT2D eigenvalue weighted by molar-refractivity contribution is -0.140. The van der Waals surface area contributed by atoms with Crippen molar-refractivity contribution >= 4 is 27.7 Å². The average Bonchev–Trinajstić information content (AvgIpc) is 2.78. The zero-order valence-electron chi connectivity index (χ0n) is 19.7. The van der Waals surface area contributed by atoms with Crippen molar-refractivity contribution in [1.29, 1.82) is 0 Å². The first kappa shape index (κ1) is 24.1. The number of rotatable bonds is 5. The van der Waals surface area contributed by atoms with Gasteiger partial charge in [0.05, 0.1) is 17.2 Å². The van der Waals surface area contributed by atoms with Gasteiger partial charge in [-0.15, -0.1) is 0 Å². The molecule has 1 atom stereocenters. The summed E-state index contributed by atoms with van der Waals surface area (Å²) in [6.45, 7) is 6.08. The molecule has 34 heavy (non-hydrogen) atoms. The van der Waals surface area contributed by atoms with Crippen molar-refractivity contribution in [3.63, 3.8) is 0 Å². The van der Waals surface area contributed by atoms with Gasteiger partial charge in [-0.1, -0.05) is 44.2 Å². The molecule has 6 nitrogen and oxygen atoms in total. The van der Waals surface area contributed by atoms with Crippen LogP contribution < -0.4 is 10.1 Å². The molecule has 0 unspecified atom stereocenters. The van der Waals surface area contributed by atoms with Crippen molar-refractivity contribution in [2.75, 3.05) is 7.11 Å². The number of aromatic hydroxyl groups is 1. The Labute approximate surface area is 207 Å². The normalized spacial score (nSPS) is 19.4. The standard InChI is InChI=1S/C27H28BrNO5/c1-15-22(26(32)34-14-16-8-6-5-7-9-16)23(17-10-18(28)25(31)21(11-17)33-4)24-19(29-15)12-27(2,3)13-20(24)30/h5-11,23,29,31H,12-14H2,1-4H3/t23-/m0/s1. The number of nitrogens with one attached hydrogen (secondary N) is 1. The van der Waals surface area contributed by atoms with Crippen molar-refractivity contribution in [2.45, 2.75) is 46.1 Å². The fraction of sp³-hybridized carbons (Fsp3) is 0.333. The minimum Gasteiger partial charge on any atom is -0.503 e. The lowest BCUT2D eigenvalue weighted by Gasteiger charge is -2.39. The molecule has 2 aromatic carbocycles. The average molecular weight is 526 g/mol. The van der Waals surface area contributed by atoms with E-state index in [-0.39, 0.29) is 29.3 Å². The summed E-state index contributed by atoms with van der Waals surface area (Å²) < 4.78 is 11.5. The highest BCUT2D eigenvalue weighted by Crippen LogP contribution is 2.49. The number of hydrogen-bond donors (Lipinski definition) is 2. The van der Waals surface area contributed by atoms with Crippen LogP contribution in [0.4, 0.5) is 0 Å². The molecular formula is C27H28BrNO5. The number of methoxy groups -OCH3 is 1. The number of allylic oxidation sites excluding steroid dienone is 3. The highest BCUT2D eigenvalue weighted by atomic mass is 79.9. The van der Waals surface area contributed by atoms with E-state index in [0.29, 0.717) is 39.7 Å². The van der Waals surface area contributed by atoms with Crippen molar-refractivity contribution in [3.05, 3.63) is 80.6 Å². The first-order valence-electron chi connectivity index (χ1n) is 11.1. The summed E-state index contributed by atoms with van der Waals surface area (Å²) in [5, 5.41) is 13.7. The van der Waals surface area contributed by atoms with Gasteiger partial charge < -0.3 is 19.9 Å². The number of halogens is 1. The summed E-state index contributed by atoms with van der Waals surface area (Å²) in [4.78, 5) is 26.9. The van der Waals surface area contributed by atoms with Crippen LogP contribution in [0, 0.1) is 5.41 Å². The minimum atomic E-state index is -0.645. The van der Waals surface area contributed by atoms with Crippen LogP contribution in [0.25, 0.3) is 0 Å². The smallest absolute Gasteiger partial charge is 0.337 e. The van der Waals surface area contributed by atoms with E-state index in [1.54, 1.807) is 12.1 Å². The third-order valence-electron chi connectivity index (χ3n) is 6.28. The minimum absolute atomic E-state index is 0.00669. The van der Waals surface area contributed by atoms with Gasteiger partial charge in [-0.25, -0.2) is 4.79 Å². The molecule has 0 saturated heterocycles. The zero-order chi connectivity index (χ0) is 24.6. The molecule has 0 radical (unpaired) electrons. The van der Waals surface area contributed by atoms with Crippen LogP contribution in [0.5, 0.6) is 11.5 Å². The van der Waals surface area contributed by atoms with Crippen LogP contribution in [-0.4, -0.2) is 24.0 Å². The molecule has 0 fully saturated rings. The zero-order valence-corrected chi connectivity index (χ0v) is 21.3. The third-order valence-corrected chi connectivity index (χ3v) is 6.88. The van der Waals surface area contributed by atoms with Gasteiger partial charge in [0, 0.05) is 29.3 Å². The molecule has 7 heteroatoms.